The lowest BCUT2D eigenvalue weighted by Crippen LogP contribution is -2.58. The van der Waals surface area contributed by atoms with Gasteiger partial charge >= 0.3 is 6.03 Å². The monoisotopic (exact) mass is 256 g/mol. The third-order valence-electron chi connectivity index (χ3n) is 4.06. The van der Waals surface area contributed by atoms with Crippen molar-refractivity contribution in [3.8, 4) is 0 Å². The standard InChI is InChI=1S/C13H24N2O3/c1-11-3-2-4-13(9-11,10-16)14-12(17)15-5-7-18-8-6-15/h11,16H,2-10H2,1H3,(H,14,17). The average molecular weight is 256 g/mol. The van der Waals surface area contributed by atoms with Gasteiger partial charge in [-0.05, 0) is 18.8 Å². The Morgan fingerprint density at radius 3 is 2.83 bits per heavy atom. The second-order valence-electron chi connectivity index (χ2n) is 5.67. The Labute approximate surface area is 108 Å². The molecule has 1 saturated carbocycles. The minimum absolute atomic E-state index is 0.0351. The maximum atomic E-state index is 12.2. The molecular formula is C13H24N2O3. The first-order chi connectivity index (χ1) is 8.65. The Balaban J connectivity index is 1.94. The molecule has 5 heteroatoms. The largest absolute Gasteiger partial charge is 0.394 e. The molecule has 0 aromatic rings. The molecule has 1 heterocycles. The van der Waals surface area contributed by atoms with Crippen LogP contribution in [0.5, 0.6) is 0 Å². The van der Waals surface area contributed by atoms with Gasteiger partial charge in [0.2, 0.25) is 0 Å². The molecule has 2 atom stereocenters. The Morgan fingerprint density at radius 1 is 1.50 bits per heavy atom. The van der Waals surface area contributed by atoms with Crippen LogP contribution in [0.1, 0.15) is 32.6 Å². The highest BCUT2D eigenvalue weighted by atomic mass is 16.5. The molecule has 1 aliphatic carbocycles. The number of nitrogens with zero attached hydrogens (tertiary/aromatic N) is 1. The maximum absolute atomic E-state index is 12.2. The number of ether oxygens (including phenoxy) is 1. The summed E-state index contributed by atoms with van der Waals surface area (Å²) in [6, 6.07) is -0.0542. The molecule has 2 N–H and O–H groups in total. The fraction of sp³-hybridized carbons (Fsp3) is 0.923. The molecule has 2 amide bonds. The van der Waals surface area contributed by atoms with E-state index in [0.717, 1.165) is 19.3 Å². The van der Waals surface area contributed by atoms with Gasteiger partial charge in [0.15, 0.2) is 0 Å². The highest BCUT2D eigenvalue weighted by molar-refractivity contribution is 5.75. The molecular weight excluding hydrogens is 232 g/mol. The van der Waals surface area contributed by atoms with Crippen molar-refractivity contribution >= 4 is 6.03 Å². The van der Waals surface area contributed by atoms with Crippen LogP contribution in [0.15, 0.2) is 0 Å². The summed E-state index contributed by atoms with van der Waals surface area (Å²) in [5, 5.41) is 12.7. The van der Waals surface area contributed by atoms with Crippen LogP contribution in [0, 0.1) is 5.92 Å². The van der Waals surface area contributed by atoms with Crippen molar-refractivity contribution in [3.05, 3.63) is 0 Å². The maximum Gasteiger partial charge on any atom is 0.318 e. The summed E-state index contributed by atoms with van der Waals surface area (Å²) < 4.78 is 5.24. The molecule has 2 unspecified atom stereocenters. The highest BCUT2D eigenvalue weighted by Crippen LogP contribution is 2.32. The zero-order valence-electron chi connectivity index (χ0n) is 11.2. The van der Waals surface area contributed by atoms with Crippen molar-refractivity contribution in [1.82, 2.24) is 10.2 Å². The zero-order valence-corrected chi connectivity index (χ0v) is 11.2. The summed E-state index contributed by atoms with van der Waals surface area (Å²) in [5.74, 6) is 0.566. The predicted octanol–water partition coefficient (Wildman–Crippen LogP) is 0.969. The molecule has 1 saturated heterocycles. The van der Waals surface area contributed by atoms with E-state index in [1.54, 1.807) is 4.90 Å². The second kappa shape index (κ2) is 5.89. The van der Waals surface area contributed by atoms with E-state index in [0.29, 0.717) is 32.2 Å². The van der Waals surface area contributed by atoms with Crippen LogP contribution < -0.4 is 5.32 Å². The summed E-state index contributed by atoms with van der Waals surface area (Å²) in [6.45, 7) is 4.72. The molecule has 2 aliphatic rings. The van der Waals surface area contributed by atoms with E-state index in [4.69, 9.17) is 4.74 Å². The van der Waals surface area contributed by atoms with Crippen LogP contribution in [0.25, 0.3) is 0 Å². The van der Waals surface area contributed by atoms with E-state index in [1.165, 1.54) is 6.42 Å². The van der Waals surface area contributed by atoms with Gasteiger partial charge < -0.3 is 20.1 Å². The number of amides is 2. The van der Waals surface area contributed by atoms with Crippen molar-refractivity contribution in [1.29, 1.82) is 0 Å². The summed E-state index contributed by atoms with van der Waals surface area (Å²) in [6.07, 6.45) is 4.02. The van der Waals surface area contributed by atoms with Crippen LogP contribution in [-0.4, -0.2) is 54.5 Å². The minimum atomic E-state index is -0.410. The van der Waals surface area contributed by atoms with Gasteiger partial charge in [0, 0.05) is 13.1 Å². The average Bonchev–Trinajstić information content (AvgIpc) is 2.39. The van der Waals surface area contributed by atoms with Gasteiger partial charge in [0.25, 0.3) is 0 Å². The normalized spacial score (nSPS) is 33.2. The number of hydrogen-bond acceptors (Lipinski definition) is 3. The SMILES string of the molecule is CC1CCCC(CO)(NC(=O)N2CCOCC2)C1. The zero-order chi connectivity index (χ0) is 13.0. The lowest BCUT2D eigenvalue weighted by Gasteiger charge is -2.41. The molecule has 2 fully saturated rings. The van der Waals surface area contributed by atoms with E-state index in [2.05, 4.69) is 12.2 Å². The van der Waals surface area contributed by atoms with Gasteiger partial charge in [0.1, 0.15) is 0 Å². The molecule has 0 bridgehead atoms. The van der Waals surface area contributed by atoms with Crippen LogP contribution in [0.4, 0.5) is 4.79 Å². The molecule has 2 rings (SSSR count). The molecule has 0 spiro atoms. The van der Waals surface area contributed by atoms with E-state index in [1.807, 2.05) is 0 Å². The molecule has 1 aliphatic heterocycles. The Kier molecular flexibility index (Phi) is 4.45. The van der Waals surface area contributed by atoms with Crippen molar-refractivity contribution in [2.45, 2.75) is 38.1 Å². The number of carbonyl (C=O) groups excluding carboxylic acids is 1. The van der Waals surface area contributed by atoms with Gasteiger partial charge in [-0.3, -0.25) is 0 Å². The number of aliphatic hydroxyl groups excluding tert-OH is 1. The summed E-state index contributed by atoms with van der Waals surface area (Å²) in [5.41, 5.74) is -0.410. The molecule has 0 aromatic heterocycles. The number of hydrogen-bond donors (Lipinski definition) is 2. The predicted molar refractivity (Wildman–Crippen MR) is 68.4 cm³/mol. The van der Waals surface area contributed by atoms with Crippen LogP contribution in [0.3, 0.4) is 0 Å². The topological polar surface area (TPSA) is 61.8 Å². The summed E-state index contributed by atoms with van der Waals surface area (Å²) in [4.78, 5) is 14.0. The van der Waals surface area contributed by atoms with Crippen LogP contribution >= 0.6 is 0 Å². The van der Waals surface area contributed by atoms with E-state index in [-0.39, 0.29) is 12.6 Å². The molecule has 5 nitrogen and oxygen atoms in total. The van der Waals surface area contributed by atoms with Crippen molar-refractivity contribution in [2.24, 2.45) is 5.92 Å². The number of rotatable bonds is 2. The molecule has 0 aromatic carbocycles. The van der Waals surface area contributed by atoms with Crippen LogP contribution in [0.2, 0.25) is 0 Å². The Morgan fingerprint density at radius 2 is 2.22 bits per heavy atom. The highest BCUT2D eigenvalue weighted by Gasteiger charge is 2.36. The third kappa shape index (κ3) is 3.14. The Bertz CT molecular complexity index is 292. The van der Waals surface area contributed by atoms with Gasteiger partial charge in [-0.15, -0.1) is 0 Å². The molecule has 18 heavy (non-hydrogen) atoms. The Hall–Kier alpha value is -0.810. The fourth-order valence-corrected chi connectivity index (χ4v) is 3.03. The lowest BCUT2D eigenvalue weighted by molar-refractivity contribution is 0.0442. The second-order valence-corrected chi connectivity index (χ2v) is 5.67. The van der Waals surface area contributed by atoms with Gasteiger partial charge in [-0.25, -0.2) is 4.79 Å². The summed E-state index contributed by atoms with van der Waals surface area (Å²) >= 11 is 0. The third-order valence-corrected chi connectivity index (χ3v) is 4.06. The quantitative estimate of drug-likeness (QED) is 0.774. The first-order valence-electron chi connectivity index (χ1n) is 6.91. The van der Waals surface area contributed by atoms with E-state index >= 15 is 0 Å². The number of carbonyl (C=O) groups is 1. The molecule has 104 valence electrons. The number of nitrogens with one attached hydrogen (secondary N) is 1. The first kappa shape index (κ1) is 13.6. The lowest BCUT2D eigenvalue weighted by atomic mass is 9.77. The van der Waals surface area contributed by atoms with Gasteiger partial charge in [-0.2, -0.15) is 0 Å². The van der Waals surface area contributed by atoms with E-state index < -0.39 is 5.54 Å². The molecule has 0 radical (unpaired) electrons. The first-order valence-corrected chi connectivity index (χ1v) is 6.91. The number of aliphatic hydroxyl groups is 1. The van der Waals surface area contributed by atoms with E-state index in [9.17, 15) is 9.90 Å². The number of urea groups is 1. The van der Waals surface area contributed by atoms with Crippen molar-refractivity contribution in [3.63, 3.8) is 0 Å². The smallest absolute Gasteiger partial charge is 0.318 e. The van der Waals surface area contributed by atoms with Crippen molar-refractivity contribution in [2.75, 3.05) is 32.9 Å². The van der Waals surface area contributed by atoms with Gasteiger partial charge in [-0.1, -0.05) is 19.8 Å². The van der Waals surface area contributed by atoms with Crippen molar-refractivity contribution < 1.29 is 14.6 Å². The van der Waals surface area contributed by atoms with Crippen LogP contribution in [-0.2, 0) is 4.74 Å². The minimum Gasteiger partial charge on any atom is -0.394 e. The summed E-state index contributed by atoms with van der Waals surface area (Å²) in [7, 11) is 0. The van der Waals surface area contributed by atoms with Gasteiger partial charge in [0.05, 0.1) is 25.4 Å². The fourth-order valence-electron chi connectivity index (χ4n) is 3.03. The number of morpholine rings is 1.